The molecular formula is C25H32ClFN6O3. The minimum absolute atomic E-state index is 0.0342. The van der Waals surface area contributed by atoms with Crippen LogP contribution in [0.25, 0.3) is 0 Å². The van der Waals surface area contributed by atoms with E-state index in [1.807, 2.05) is 0 Å². The molecule has 0 spiro atoms. The molecule has 3 amide bonds. The van der Waals surface area contributed by atoms with E-state index in [0.29, 0.717) is 37.9 Å². The van der Waals surface area contributed by atoms with Crippen LogP contribution >= 0.6 is 11.6 Å². The summed E-state index contributed by atoms with van der Waals surface area (Å²) >= 11 is 6.02. The summed E-state index contributed by atoms with van der Waals surface area (Å²) in [6.45, 7) is 3.30. The van der Waals surface area contributed by atoms with Crippen LogP contribution in [0, 0.1) is 11.7 Å². The number of benzene rings is 1. The number of amides is 3. The highest BCUT2D eigenvalue weighted by molar-refractivity contribution is 6.33. The van der Waals surface area contributed by atoms with Gasteiger partial charge in [-0.15, -0.1) is 0 Å². The summed E-state index contributed by atoms with van der Waals surface area (Å²) in [6.07, 6.45) is 7.46. The smallest absolute Gasteiger partial charge is 0.272 e. The molecular weight excluding hydrogens is 487 g/mol. The minimum atomic E-state index is -0.709. The zero-order valence-corrected chi connectivity index (χ0v) is 20.9. The molecule has 2 fully saturated rings. The number of piperidine rings is 1. The fourth-order valence-corrected chi connectivity index (χ4v) is 5.30. The topological polar surface area (TPSA) is 122 Å². The maximum atomic E-state index is 13.3. The molecule has 1 saturated heterocycles. The van der Waals surface area contributed by atoms with Crippen molar-refractivity contribution in [3.8, 4) is 0 Å². The van der Waals surface area contributed by atoms with Crippen LogP contribution in [-0.2, 0) is 4.79 Å². The first-order valence-electron chi connectivity index (χ1n) is 12.5. The summed E-state index contributed by atoms with van der Waals surface area (Å²) in [5, 5.41) is 5.77. The Labute approximate surface area is 214 Å². The Balaban J connectivity index is 1.34. The Morgan fingerprint density at radius 3 is 2.50 bits per heavy atom. The van der Waals surface area contributed by atoms with E-state index >= 15 is 0 Å². The van der Waals surface area contributed by atoms with Crippen molar-refractivity contribution in [2.45, 2.75) is 51.0 Å². The van der Waals surface area contributed by atoms with Gasteiger partial charge in [-0.3, -0.25) is 14.4 Å². The van der Waals surface area contributed by atoms with Crippen LogP contribution in [0.1, 0.15) is 72.0 Å². The van der Waals surface area contributed by atoms with E-state index in [9.17, 15) is 18.8 Å². The highest BCUT2D eigenvalue weighted by Gasteiger charge is 2.31. The highest BCUT2D eigenvalue weighted by atomic mass is 35.5. The number of hydrogen-bond donors (Lipinski definition) is 3. The molecule has 4 N–H and O–H groups in total. The molecule has 4 rings (SSSR count). The minimum Gasteiger partial charge on any atom is -0.364 e. The number of likely N-dealkylation sites (tertiary alicyclic amines) is 1. The molecule has 2 aliphatic rings. The van der Waals surface area contributed by atoms with Crippen LogP contribution in [0.4, 0.5) is 10.1 Å². The number of aromatic nitrogens is 2. The van der Waals surface area contributed by atoms with E-state index in [0.717, 1.165) is 25.7 Å². The maximum Gasteiger partial charge on any atom is 0.272 e. The van der Waals surface area contributed by atoms with Gasteiger partial charge in [-0.2, -0.15) is 0 Å². The van der Waals surface area contributed by atoms with Crippen molar-refractivity contribution in [1.29, 1.82) is 0 Å². The number of nitrogens with two attached hydrogens (primary N) is 1. The van der Waals surface area contributed by atoms with Gasteiger partial charge in [-0.1, -0.05) is 18.0 Å². The first-order chi connectivity index (χ1) is 17.3. The van der Waals surface area contributed by atoms with Gasteiger partial charge in [0.25, 0.3) is 11.8 Å². The fourth-order valence-electron chi connectivity index (χ4n) is 5.08. The lowest BCUT2D eigenvalue weighted by Gasteiger charge is -2.29. The van der Waals surface area contributed by atoms with E-state index < -0.39 is 17.6 Å². The second-order valence-electron chi connectivity index (χ2n) is 9.49. The number of carbonyl (C=O) groups is 3. The lowest BCUT2D eigenvalue weighted by molar-refractivity contribution is -0.121. The second-order valence-corrected chi connectivity index (χ2v) is 9.90. The Bertz CT molecular complexity index is 1110. The molecule has 0 atom stereocenters. The van der Waals surface area contributed by atoms with Crippen LogP contribution in [0.5, 0.6) is 0 Å². The quantitative estimate of drug-likeness (QED) is 0.494. The number of anilines is 1. The summed E-state index contributed by atoms with van der Waals surface area (Å²) in [6, 6.07) is 3.73. The van der Waals surface area contributed by atoms with Gasteiger partial charge in [-0.05, 0) is 69.8 Å². The number of hydrogen-bond acceptors (Lipinski definition) is 5. The Kier molecular flexibility index (Phi) is 8.58. The second kappa shape index (κ2) is 11.8. The number of carbonyl (C=O) groups excluding carboxylic acids is 3. The monoisotopic (exact) mass is 518 g/mol. The molecule has 1 aromatic heterocycles. The fraction of sp³-hybridized carbons (Fsp3) is 0.520. The Morgan fingerprint density at radius 1 is 1.11 bits per heavy atom. The van der Waals surface area contributed by atoms with E-state index in [2.05, 4.69) is 20.5 Å². The van der Waals surface area contributed by atoms with Crippen LogP contribution in [0.15, 0.2) is 24.5 Å². The van der Waals surface area contributed by atoms with Crippen molar-refractivity contribution in [3.63, 3.8) is 0 Å². The van der Waals surface area contributed by atoms with Gasteiger partial charge < -0.3 is 25.8 Å². The van der Waals surface area contributed by atoms with E-state index in [1.54, 1.807) is 4.57 Å². The van der Waals surface area contributed by atoms with Crippen molar-refractivity contribution in [1.82, 2.24) is 19.8 Å². The Hall–Kier alpha value is -2.98. The van der Waals surface area contributed by atoms with Crippen LogP contribution in [-0.4, -0.2) is 58.4 Å². The zero-order valence-electron chi connectivity index (χ0n) is 20.1. The summed E-state index contributed by atoms with van der Waals surface area (Å²) in [5.74, 6) is -2.03. The molecule has 1 aliphatic carbocycles. The molecule has 0 unspecified atom stereocenters. The standard InChI is InChI=1S/C25H32ClFN6O3/c26-19-14-17(27)6-9-20(19)31-24(35)16-4-7-18(8-5-16)33-15-30-21(22(33)23(28)34)25(36)29-10-13-32-11-2-1-3-12-32/h6,9,14-16,18H,1-5,7-8,10-13H2,(H2,28,34)(H,29,36)(H,31,35)/t16-,18-. The first kappa shape index (κ1) is 26.1. The highest BCUT2D eigenvalue weighted by Crippen LogP contribution is 2.34. The maximum absolute atomic E-state index is 13.3. The molecule has 36 heavy (non-hydrogen) atoms. The molecule has 1 saturated carbocycles. The molecule has 11 heteroatoms. The molecule has 0 radical (unpaired) electrons. The molecule has 1 aliphatic heterocycles. The molecule has 1 aromatic carbocycles. The Morgan fingerprint density at radius 2 is 1.83 bits per heavy atom. The number of halogens is 2. The largest absolute Gasteiger partial charge is 0.364 e. The third-order valence-corrected chi connectivity index (χ3v) is 7.37. The summed E-state index contributed by atoms with van der Waals surface area (Å²) in [5.41, 5.74) is 6.14. The third-order valence-electron chi connectivity index (χ3n) is 7.05. The molecule has 2 aromatic rings. The van der Waals surface area contributed by atoms with Gasteiger partial charge in [0, 0.05) is 25.0 Å². The zero-order chi connectivity index (χ0) is 25.7. The van der Waals surface area contributed by atoms with Crippen LogP contribution in [0.3, 0.4) is 0 Å². The number of imidazole rings is 1. The van der Waals surface area contributed by atoms with Crippen molar-refractivity contribution in [3.05, 3.63) is 46.8 Å². The first-order valence-corrected chi connectivity index (χ1v) is 12.8. The lowest BCUT2D eigenvalue weighted by atomic mass is 9.85. The molecule has 9 nitrogen and oxygen atoms in total. The molecule has 194 valence electrons. The van der Waals surface area contributed by atoms with Crippen molar-refractivity contribution < 1.29 is 18.8 Å². The predicted octanol–water partition coefficient (Wildman–Crippen LogP) is 3.36. The number of primary amides is 1. The van der Waals surface area contributed by atoms with E-state index in [-0.39, 0.29) is 34.3 Å². The lowest BCUT2D eigenvalue weighted by Crippen LogP contribution is -2.38. The summed E-state index contributed by atoms with van der Waals surface area (Å²) < 4.78 is 14.9. The van der Waals surface area contributed by atoms with Gasteiger partial charge in [0.1, 0.15) is 11.5 Å². The number of nitrogens with one attached hydrogen (secondary N) is 2. The number of nitrogens with zero attached hydrogens (tertiary/aromatic N) is 3. The summed E-state index contributed by atoms with van der Waals surface area (Å²) in [7, 11) is 0. The molecule has 0 bridgehead atoms. The van der Waals surface area contributed by atoms with Gasteiger partial charge >= 0.3 is 0 Å². The van der Waals surface area contributed by atoms with Gasteiger partial charge in [0.05, 0.1) is 17.0 Å². The van der Waals surface area contributed by atoms with Gasteiger partial charge in [0.2, 0.25) is 5.91 Å². The normalized spacial score (nSPS) is 20.6. The van der Waals surface area contributed by atoms with Crippen molar-refractivity contribution >= 4 is 35.0 Å². The predicted molar refractivity (Wildman–Crippen MR) is 134 cm³/mol. The van der Waals surface area contributed by atoms with E-state index in [1.165, 1.54) is 37.7 Å². The third kappa shape index (κ3) is 6.22. The van der Waals surface area contributed by atoms with Crippen molar-refractivity contribution in [2.24, 2.45) is 11.7 Å². The SMILES string of the molecule is NC(=O)c1c(C(=O)NCCN2CCCCC2)ncn1[C@H]1CC[C@H](C(=O)Nc2ccc(F)cc2Cl)CC1. The summed E-state index contributed by atoms with van der Waals surface area (Å²) in [4.78, 5) is 44.3. The van der Waals surface area contributed by atoms with E-state index in [4.69, 9.17) is 17.3 Å². The average Bonchev–Trinajstić information content (AvgIpc) is 3.32. The number of rotatable bonds is 8. The van der Waals surface area contributed by atoms with Gasteiger partial charge in [-0.25, -0.2) is 9.37 Å². The average molecular weight is 519 g/mol. The van der Waals surface area contributed by atoms with Crippen LogP contribution < -0.4 is 16.4 Å². The van der Waals surface area contributed by atoms with Crippen LogP contribution in [0.2, 0.25) is 5.02 Å². The van der Waals surface area contributed by atoms with Gasteiger partial charge in [0.15, 0.2) is 5.69 Å². The van der Waals surface area contributed by atoms with Crippen molar-refractivity contribution in [2.75, 3.05) is 31.5 Å². The molecule has 2 heterocycles.